The van der Waals surface area contributed by atoms with Crippen LogP contribution in [0.4, 0.5) is 5.69 Å². The number of likely N-dealkylation sites (N-methyl/N-ethyl adjacent to an activating group) is 1. The quantitative estimate of drug-likeness (QED) is 0.604. The van der Waals surface area contributed by atoms with Gasteiger partial charge < -0.3 is 9.64 Å². The Morgan fingerprint density at radius 2 is 2.06 bits per heavy atom. The van der Waals surface area contributed by atoms with E-state index in [0.717, 1.165) is 11.3 Å². The number of hydrogen-bond acceptors (Lipinski definition) is 3. The predicted molar refractivity (Wildman–Crippen MR) is 69.1 cm³/mol. The van der Waals surface area contributed by atoms with Gasteiger partial charge in [-0.15, -0.1) is 0 Å². The van der Waals surface area contributed by atoms with Crippen molar-refractivity contribution in [3.05, 3.63) is 35.9 Å². The summed E-state index contributed by atoms with van der Waals surface area (Å²) >= 11 is 0. The number of ether oxygens (including phenoxy) is 1. The first-order chi connectivity index (χ1) is 8.69. The van der Waals surface area contributed by atoms with E-state index in [1.807, 2.05) is 31.2 Å². The molecule has 0 aliphatic carbocycles. The first kappa shape index (κ1) is 12.4. The molecule has 0 N–H and O–H groups in total. The minimum Gasteiger partial charge on any atom is -0.463 e. The van der Waals surface area contributed by atoms with Crippen molar-refractivity contribution in [1.82, 2.24) is 0 Å². The first-order valence-electron chi connectivity index (χ1n) is 5.98. The van der Waals surface area contributed by atoms with Gasteiger partial charge in [0.1, 0.15) is 0 Å². The third-order valence-corrected chi connectivity index (χ3v) is 2.83. The number of nitrogens with zero attached hydrogens (tertiary/aromatic N) is 1. The van der Waals surface area contributed by atoms with Gasteiger partial charge in [-0.3, -0.25) is 4.79 Å². The maximum absolute atomic E-state index is 12.2. The molecule has 0 saturated heterocycles. The van der Waals surface area contributed by atoms with E-state index in [0.29, 0.717) is 18.7 Å². The molecule has 1 heterocycles. The Balaban J connectivity index is 2.44. The van der Waals surface area contributed by atoms with Crippen LogP contribution in [-0.2, 0) is 14.3 Å². The Morgan fingerprint density at radius 3 is 2.72 bits per heavy atom. The second-order valence-electron chi connectivity index (χ2n) is 3.88. The summed E-state index contributed by atoms with van der Waals surface area (Å²) in [6.07, 6.45) is 1.28. The summed E-state index contributed by atoms with van der Waals surface area (Å²) in [7, 11) is 0. The molecule has 94 valence electrons. The largest absolute Gasteiger partial charge is 0.463 e. The Morgan fingerprint density at radius 1 is 1.33 bits per heavy atom. The fourth-order valence-corrected chi connectivity index (χ4v) is 2.06. The number of carbonyl (C=O) groups is 2. The minimum atomic E-state index is -0.478. The lowest BCUT2D eigenvalue weighted by atomic mass is 10.1. The lowest BCUT2D eigenvalue weighted by molar-refractivity contribution is -0.137. The Labute approximate surface area is 106 Å². The van der Waals surface area contributed by atoms with Crippen molar-refractivity contribution in [2.45, 2.75) is 13.8 Å². The van der Waals surface area contributed by atoms with Crippen LogP contribution in [0.1, 0.15) is 19.4 Å². The fraction of sp³-hybridized carbons (Fsp3) is 0.286. The zero-order valence-electron chi connectivity index (χ0n) is 10.5. The van der Waals surface area contributed by atoms with Crippen LogP contribution in [0.15, 0.2) is 30.3 Å². The molecule has 0 bridgehead atoms. The van der Waals surface area contributed by atoms with E-state index < -0.39 is 5.97 Å². The van der Waals surface area contributed by atoms with Gasteiger partial charge in [-0.2, -0.15) is 0 Å². The van der Waals surface area contributed by atoms with Gasteiger partial charge in [0.15, 0.2) is 0 Å². The molecule has 18 heavy (non-hydrogen) atoms. The standard InChI is InChI=1S/C14H15NO3/c1-3-15-12-8-6-5-7-10(12)11(14(15)17)9-13(16)18-4-2/h5-9H,3-4H2,1-2H3/b11-9+. The molecule has 1 aliphatic rings. The maximum atomic E-state index is 12.2. The van der Waals surface area contributed by atoms with Crippen LogP contribution in [0, 0.1) is 0 Å². The van der Waals surface area contributed by atoms with Crippen molar-refractivity contribution < 1.29 is 14.3 Å². The molecule has 1 aromatic carbocycles. The highest BCUT2D eigenvalue weighted by Gasteiger charge is 2.31. The molecular formula is C14H15NO3. The molecule has 1 aliphatic heterocycles. The number of rotatable bonds is 3. The van der Waals surface area contributed by atoms with E-state index in [4.69, 9.17) is 4.74 Å². The Hall–Kier alpha value is -2.10. The zero-order valence-corrected chi connectivity index (χ0v) is 10.5. The van der Waals surface area contributed by atoms with Crippen LogP contribution in [-0.4, -0.2) is 25.0 Å². The smallest absolute Gasteiger partial charge is 0.331 e. The average molecular weight is 245 g/mol. The molecule has 0 atom stereocenters. The molecule has 1 amide bonds. The number of para-hydroxylation sites is 1. The van der Waals surface area contributed by atoms with Crippen molar-refractivity contribution >= 4 is 23.1 Å². The Kier molecular flexibility index (Phi) is 3.46. The normalized spacial score (nSPS) is 16.0. The van der Waals surface area contributed by atoms with Gasteiger partial charge in [-0.1, -0.05) is 18.2 Å². The molecule has 2 rings (SSSR count). The number of esters is 1. The van der Waals surface area contributed by atoms with Gasteiger partial charge in [-0.05, 0) is 19.9 Å². The number of benzene rings is 1. The van der Waals surface area contributed by atoms with Gasteiger partial charge in [-0.25, -0.2) is 4.79 Å². The van der Waals surface area contributed by atoms with E-state index in [2.05, 4.69) is 0 Å². The van der Waals surface area contributed by atoms with E-state index in [1.54, 1.807) is 11.8 Å². The number of fused-ring (bicyclic) bond motifs is 1. The second-order valence-corrected chi connectivity index (χ2v) is 3.88. The number of anilines is 1. The highest BCUT2D eigenvalue weighted by Crippen LogP contribution is 2.36. The zero-order chi connectivity index (χ0) is 13.1. The van der Waals surface area contributed by atoms with Crippen LogP contribution in [0.5, 0.6) is 0 Å². The molecule has 0 radical (unpaired) electrons. The van der Waals surface area contributed by atoms with Crippen LogP contribution in [0.3, 0.4) is 0 Å². The van der Waals surface area contributed by atoms with Gasteiger partial charge >= 0.3 is 5.97 Å². The van der Waals surface area contributed by atoms with E-state index in [1.165, 1.54) is 6.08 Å². The van der Waals surface area contributed by atoms with Crippen LogP contribution in [0.2, 0.25) is 0 Å². The summed E-state index contributed by atoms with van der Waals surface area (Å²) in [4.78, 5) is 25.3. The highest BCUT2D eigenvalue weighted by molar-refractivity contribution is 6.34. The van der Waals surface area contributed by atoms with E-state index in [-0.39, 0.29) is 5.91 Å². The number of amides is 1. The summed E-state index contributed by atoms with van der Waals surface area (Å²) in [5.74, 6) is -0.625. The monoisotopic (exact) mass is 245 g/mol. The topological polar surface area (TPSA) is 46.6 Å². The summed E-state index contributed by atoms with van der Waals surface area (Å²) in [6.45, 7) is 4.52. The van der Waals surface area contributed by atoms with E-state index in [9.17, 15) is 9.59 Å². The molecule has 4 nitrogen and oxygen atoms in total. The number of carbonyl (C=O) groups excluding carboxylic acids is 2. The fourth-order valence-electron chi connectivity index (χ4n) is 2.06. The molecule has 0 spiro atoms. The van der Waals surface area contributed by atoms with Crippen LogP contribution in [0.25, 0.3) is 5.57 Å². The highest BCUT2D eigenvalue weighted by atomic mass is 16.5. The second kappa shape index (κ2) is 5.04. The van der Waals surface area contributed by atoms with Gasteiger partial charge in [0.05, 0.1) is 17.9 Å². The van der Waals surface area contributed by atoms with Crippen molar-refractivity contribution in [2.24, 2.45) is 0 Å². The van der Waals surface area contributed by atoms with Gasteiger partial charge in [0.2, 0.25) is 0 Å². The third-order valence-electron chi connectivity index (χ3n) is 2.83. The van der Waals surface area contributed by atoms with Gasteiger partial charge in [0, 0.05) is 18.2 Å². The van der Waals surface area contributed by atoms with Crippen LogP contribution >= 0.6 is 0 Å². The molecule has 0 unspecified atom stereocenters. The molecule has 1 aromatic rings. The van der Waals surface area contributed by atoms with Crippen molar-refractivity contribution in [2.75, 3.05) is 18.1 Å². The summed E-state index contributed by atoms with van der Waals surface area (Å²) in [6, 6.07) is 7.45. The van der Waals surface area contributed by atoms with Crippen molar-refractivity contribution in [1.29, 1.82) is 0 Å². The molecule has 4 heteroatoms. The van der Waals surface area contributed by atoms with Crippen molar-refractivity contribution in [3.8, 4) is 0 Å². The first-order valence-corrected chi connectivity index (χ1v) is 5.98. The summed E-state index contributed by atoms with van der Waals surface area (Å²) in [5, 5.41) is 0. The predicted octanol–water partition coefficient (Wildman–Crippen LogP) is 2.00. The summed E-state index contributed by atoms with van der Waals surface area (Å²) < 4.78 is 4.85. The third kappa shape index (κ3) is 2.01. The van der Waals surface area contributed by atoms with Crippen molar-refractivity contribution in [3.63, 3.8) is 0 Å². The lowest BCUT2D eigenvalue weighted by Crippen LogP contribution is -2.25. The number of hydrogen-bond donors (Lipinski definition) is 0. The molecule has 0 fully saturated rings. The maximum Gasteiger partial charge on any atom is 0.331 e. The average Bonchev–Trinajstić information content (AvgIpc) is 2.63. The van der Waals surface area contributed by atoms with E-state index >= 15 is 0 Å². The lowest BCUT2D eigenvalue weighted by Gasteiger charge is -2.13. The summed E-state index contributed by atoms with van der Waals surface area (Å²) in [5.41, 5.74) is 2.05. The Bertz CT molecular complexity index is 520. The molecule has 0 aromatic heterocycles. The minimum absolute atomic E-state index is 0.147. The van der Waals surface area contributed by atoms with Gasteiger partial charge in [0.25, 0.3) is 5.91 Å². The molecular weight excluding hydrogens is 230 g/mol. The van der Waals surface area contributed by atoms with Crippen LogP contribution < -0.4 is 4.90 Å². The SMILES string of the molecule is CCOC(=O)/C=C1/C(=O)N(CC)c2ccccc21. The molecule has 0 saturated carbocycles.